The SMILES string of the molecule is Clc1ccc(-c2cnc(-c3ccc4ccc(-c5c[nH]c6cc(Cl)ccc56)cc4c3)o2)cc1. The molecule has 1 N–H and O–H groups in total. The molecule has 0 radical (unpaired) electrons. The van der Waals surface area contributed by atoms with Gasteiger partial charge in [0.25, 0.3) is 0 Å². The van der Waals surface area contributed by atoms with E-state index in [-0.39, 0.29) is 0 Å². The van der Waals surface area contributed by atoms with Gasteiger partial charge in [-0.25, -0.2) is 4.98 Å². The molecular weight excluding hydrogens is 439 g/mol. The Morgan fingerprint density at radius 2 is 1.41 bits per heavy atom. The summed E-state index contributed by atoms with van der Waals surface area (Å²) in [6.45, 7) is 0. The monoisotopic (exact) mass is 454 g/mol. The summed E-state index contributed by atoms with van der Waals surface area (Å²) >= 11 is 12.1. The highest BCUT2D eigenvalue weighted by Gasteiger charge is 2.11. The number of rotatable bonds is 3. The highest BCUT2D eigenvalue weighted by molar-refractivity contribution is 6.31. The zero-order chi connectivity index (χ0) is 21.7. The van der Waals surface area contributed by atoms with Gasteiger partial charge in [-0.2, -0.15) is 0 Å². The quantitative estimate of drug-likeness (QED) is 0.290. The van der Waals surface area contributed by atoms with Gasteiger partial charge in [0.15, 0.2) is 5.76 Å². The van der Waals surface area contributed by atoms with Gasteiger partial charge in [0.2, 0.25) is 5.89 Å². The molecule has 5 heteroatoms. The van der Waals surface area contributed by atoms with Crippen molar-refractivity contribution in [2.24, 2.45) is 0 Å². The van der Waals surface area contributed by atoms with Crippen LogP contribution < -0.4 is 0 Å². The lowest BCUT2D eigenvalue weighted by Gasteiger charge is -2.05. The van der Waals surface area contributed by atoms with Crippen molar-refractivity contribution in [1.82, 2.24) is 9.97 Å². The highest BCUT2D eigenvalue weighted by Crippen LogP contribution is 2.34. The first-order valence-electron chi connectivity index (χ1n) is 10.2. The van der Waals surface area contributed by atoms with E-state index in [0.717, 1.165) is 49.0 Å². The van der Waals surface area contributed by atoms with Crippen molar-refractivity contribution in [3.63, 3.8) is 0 Å². The normalized spacial score (nSPS) is 11.4. The first kappa shape index (κ1) is 19.2. The fourth-order valence-corrected chi connectivity index (χ4v) is 4.34. The molecule has 2 aromatic heterocycles. The van der Waals surface area contributed by atoms with Gasteiger partial charge in [-0.1, -0.05) is 47.5 Å². The Balaban J connectivity index is 1.40. The van der Waals surface area contributed by atoms with E-state index in [1.54, 1.807) is 6.20 Å². The number of aromatic nitrogens is 2. The molecule has 154 valence electrons. The van der Waals surface area contributed by atoms with Gasteiger partial charge in [-0.05, 0) is 70.9 Å². The summed E-state index contributed by atoms with van der Waals surface area (Å²) in [4.78, 5) is 7.81. The average molecular weight is 455 g/mol. The molecule has 3 nitrogen and oxygen atoms in total. The van der Waals surface area contributed by atoms with Gasteiger partial charge in [-0.15, -0.1) is 0 Å². The summed E-state index contributed by atoms with van der Waals surface area (Å²) in [5.41, 5.74) is 5.18. The van der Waals surface area contributed by atoms with Crippen molar-refractivity contribution in [2.45, 2.75) is 0 Å². The Morgan fingerprint density at radius 3 is 2.25 bits per heavy atom. The van der Waals surface area contributed by atoms with Crippen molar-refractivity contribution in [3.8, 4) is 33.9 Å². The Hall–Kier alpha value is -3.53. The summed E-state index contributed by atoms with van der Waals surface area (Å²) in [6, 6.07) is 26.2. The molecule has 6 rings (SSSR count). The molecule has 0 aliphatic carbocycles. The van der Waals surface area contributed by atoms with Gasteiger partial charge in [0.05, 0.1) is 6.20 Å². The van der Waals surface area contributed by atoms with Crippen LogP contribution in [0.1, 0.15) is 0 Å². The lowest BCUT2D eigenvalue weighted by Crippen LogP contribution is -1.81. The van der Waals surface area contributed by atoms with E-state index in [9.17, 15) is 0 Å². The summed E-state index contributed by atoms with van der Waals surface area (Å²) in [5.74, 6) is 1.30. The maximum Gasteiger partial charge on any atom is 0.226 e. The lowest BCUT2D eigenvalue weighted by atomic mass is 9.99. The second kappa shape index (κ2) is 7.56. The van der Waals surface area contributed by atoms with Crippen molar-refractivity contribution in [2.75, 3.05) is 0 Å². The molecule has 0 unspecified atom stereocenters. The first-order valence-corrected chi connectivity index (χ1v) is 10.9. The summed E-state index contributed by atoms with van der Waals surface area (Å²) in [7, 11) is 0. The number of aromatic amines is 1. The molecule has 0 spiro atoms. The predicted octanol–water partition coefficient (Wildman–Crippen LogP) is 8.62. The van der Waals surface area contributed by atoms with E-state index >= 15 is 0 Å². The number of benzene rings is 4. The van der Waals surface area contributed by atoms with E-state index in [4.69, 9.17) is 27.6 Å². The minimum absolute atomic E-state index is 0.587. The Morgan fingerprint density at radius 1 is 0.688 bits per heavy atom. The number of nitrogens with one attached hydrogen (secondary N) is 1. The topological polar surface area (TPSA) is 41.8 Å². The summed E-state index contributed by atoms with van der Waals surface area (Å²) in [6.07, 6.45) is 3.77. The van der Waals surface area contributed by atoms with Crippen molar-refractivity contribution >= 4 is 44.9 Å². The molecule has 0 saturated heterocycles. The summed E-state index contributed by atoms with van der Waals surface area (Å²) in [5, 5.41) is 4.83. The Bertz CT molecular complexity index is 1600. The number of hydrogen-bond acceptors (Lipinski definition) is 2. The van der Waals surface area contributed by atoms with Crippen molar-refractivity contribution in [1.29, 1.82) is 0 Å². The van der Waals surface area contributed by atoms with Crippen LogP contribution >= 0.6 is 23.2 Å². The number of oxazole rings is 1. The lowest BCUT2D eigenvalue weighted by molar-refractivity contribution is 0.589. The third-order valence-electron chi connectivity index (χ3n) is 5.68. The van der Waals surface area contributed by atoms with E-state index < -0.39 is 0 Å². The van der Waals surface area contributed by atoms with Crippen molar-refractivity contribution in [3.05, 3.63) is 101 Å². The minimum atomic E-state index is 0.587. The Labute approximate surface area is 194 Å². The van der Waals surface area contributed by atoms with E-state index in [2.05, 4.69) is 46.4 Å². The number of hydrogen-bond donors (Lipinski definition) is 1. The van der Waals surface area contributed by atoms with Gasteiger partial charge in [-0.3, -0.25) is 0 Å². The van der Waals surface area contributed by atoms with Gasteiger partial charge < -0.3 is 9.40 Å². The molecule has 0 amide bonds. The molecule has 4 aromatic carbocycles. The number of fused-ring (bicyclic) bond motifs is 2. The predicted molar refractivity (Wildman–Crippen MR) is 132 cm³/mol. The molecule has 0 bridgehead atoms. The maximum absolute atomic E-state index is 6.13. The first-order chi connectivity index (χ1) is 15.6. The zero-order valence-corrected chi connectivity index (χ0v) is 18.3. The third-order valence-corrected chi connectivity index (χ3v) is 6.16. The second-order valence-electron chi connectivity index (χ2n) is 7.71. The van der Waals surface area contributed by atoms with Gasteiger partial charge in [0.1, 0.15) is 0 Å². The second-order valence-corrected chi connectivity index (χ2v) is 8.58. The number of nitrogens with zero attached hydrogens (tertiary/aromatic N) is 1. The third kappa shape index (κ3) is 3.36. The van der Waals surface area contributed by atoms with Crippen LogP contribution in [0.4, 0.5) is 0 Å². The van der Waals surface area contributed by atoms with Crippen LogP contribution in [-0.4, -0.2) is 9.97 Å². The molecule has 0 fully saturated rings. The van der Waals surface area contributed by atoms with Crippen molar-refractivity contribution < 1.29 is 4.42 Å². The van der Waals surface area contributed by atoms with Crippen LogP contribution in [-0.2, 0) is 0 Å². The number of halogens is 2. The molecule has 0 aliphatic rings. The van der Waals surface area contributed by atoms with Crippen LogP contribution in [0.5, 0.6) is 0 Å². The minimum Gasteiger partial charge on any atom is -0.436 e. The fraction of sp³-hybridized carbons (Fsp3) is 0. The molecule has 6 aromatic rings. The van der Waals surface area contributed by atoms with Crippen LogP contribution in [0.25, 0.3) is 55.6 Å². The molecule has 2 heterocycles. The van der Waals surface area contributed by atoms with Crippen LogP contribution in [0, 0.1) is 0 Å². The standard InChI is InChI=1S/C27H16Cl2N2O/c28-21-7-5-17(6-8-21)26-15-31-27(32-26)19-4-2-16-1-3-18(11-20(16)12-19)24-14-30-25-13-22(29)9-10-23(24)25/h1-15,30H. The zero-order valence-electron chi connectivity index (χ0n) is 16.8. The van der Waals surface area contributed by atoms with Gasteiger partial charge in [0, 0.05) is 43.8 Å². The molecule has 0 atom stereocenters. The molecular formula is C27H16Cl2N2O. The summed E-state index contributed by atoms with van der Waals surface area (Å²) < 4.78 is 6.04. The van der Waals surface area contributed by atoms with E-state index in [0.29, 0.717) is 16.7 Å². The molecule has 32 heavy (non-hydrogen) atoms. The smallest absolute Gasteiger partial charge is 0.226 e. The van der Waals surface area contributed by atoms with Crippen LogP contribution in [0.2, 0.25) is 10.0 Å². The number of H-pyrrole nitrogens is 1. The molecule has 0 saturated carbocycles. The largest absolute Gasteiger partial charge is 0.436 e. The van der Waals surface area contributed by atoms with Crippen LogP contribution in [0.15, 0.2) is 95.7 Å². The van der Waals surface area contributed by atoms with E-state index in [1.807, 2.05) is 48.7 Å². The fourth-order valence-electron chi connectivity index (χ4n) is 4.04. The van der Waals surface area contributed by atoms with E-state index in [1.165, 1.54) is 0 Å². The average Bonchev–Trinajstić information content (AvgIpc) is 3.46. The molecule has 0 aliphatic heterocycles. The Kier molecular flexibility index (Phi) is 4.53. The maximum atomic E-state index is 6.13. The highest BCUT2D eigenvalue weighted by atomic mass is 35.5. The van der Waals surface area contributed by atoms with Gasteiger partial charge >= 0.3 is 0 Å². The van der Waals surface area contributed by atoms with Crippen LogP contribution in [0.3, 0.4) is 0 Å².